The molecular weight excluding hydrogens is 349 g/mol. The molecule has 1 aromatic carbocycles. The highest BCUT2D eigenvalue weighted by Crippen LogP contribution is 2.43. The molecule has 0 spiro atoms. The second kappa shape index (κ2) is 7.17. The molecule has 2 aliphatic rings. The van der Waals surface area contributed by atoms with E-state index in [0.29, 0.717) is 45.9 Å². The van der Waals surface area contributed by atoms with E-state index in [1.165, 1.54) is 12.1 Å². The van der Waals surface area contributed by atoms with Crippen LogP contribution in [0.4, 0.5) is 13.2 Å². The lowest BCUT2D eigenvalue weighted by atomic mass is 9.81. The monoisotopic (exact) mass is 372 g/mol. The van der Waals surface area contributed by atoms with E-state index in [1.54, 1.807) is 7.11 Å². The number of hydrogen-bond acceptors (Lipinski definition) is 4. The summed E-state index contributed by atoms with van der Waals surface area (Å²) >= 11 is 0. The molecule has 2 saturated heterocycles. The number of likely N-dealkylation sites (tertiary alicyclic amines) is 2. The number of fused-ring (bicyclic) bond motifs is 1. The summed E-state index contributed by atoms with van der Waals surface area (Å²) in [7, 11) is 1.62. The Morgan fingerprint density at radius 3 is 2.38 bits per heavy atom. The second-order valence-corrected chi connectivity index (χ2v) is 7.25. The molecule has 26 heavy (non-hydrogen) atoms. The van der Waals surface area contributed by atoms with Crippen molar-refractivity contribution in [2.24, 2.45) is 11.3 Å². The van der Waals surface area contributed by atoms with Gasteiger partial charge in [0.15, 0.2) is 0 Å². The van der Waals surface area contributed by atoms with Crippen molar-refractivity contribution in [2.75, 3.05) is 46.4 Å². The van der Waals surface area contributed by atoms with Gasteiger partial charge in [-0.05, 0) is 17.7 Å². The molecule has 0 amide bonds. The van der Waals surface area contributed by atoms with Crippen LogP contribution in [0.1, 0.15) is 11.1 Å². The summed E-state index contributed by atoms with van der Waals surface area (Å²) in [5.74, 6) is -0.774. The minimum absolute atomic E-state index is 0.0197. The molecule has 1 N–H and O–H groups in total. The maximum Gasteiger partial charge on any atom is 0.416 e. The summed E-state index contributed by atoms with van der Waals surface area (Å²) in [4.78, 5) is 16.1. The summed E-state index contributed by atoms with van der Waals surface area (Å²) in [5.41, 5.74) is -0.718. The Labute approximate surface area is 150 Å². The van der Waals surface area contributed by atoms with E-state index in [1.807, 2.05) is 4.90 Å². The van der Waals surface area contributed by atoms with Gasteiger partial charge in [-0.15, -0.1) is 0 Å². The molecule has 0 radical (unpaired) electrons. The summed E-state index contributed by atoms with van der Waals surface area (Å²) in [6.45, 7) is 3.98. The normalized spacial score (nSPS) is 27.0. The lowest BCUT2D eigenvalue weighted by Gasteiger charge is -2.25. The maximum atomic E-state index is 12.7. The number of nitrogens with zero attached hydrogens (tertiary/aromatic N) is 2. The fourth-order valence-corrected chi connectivity index (χ4v) is 4.14. The zero-order valence-corrected chi connectivity index (χ0v) is 14.6. The number of carboxylic acid groups (broad SMARTS) is 1. The van der Waals surface area contributed by atoms with Crippen molar-refractivity contribution in [1.29, 1.82) is 0 Å². The number of benzene rings is 1. The van der Waals surface area contributed by atoms with E-state index in [0.717, 1.165) is 17.7 Å². The Hall–Kier alpha value is -1.64. The van der Waals surface area contributed by atoms with Crippen molar-refractivity contribution in [3.8, 4) is 0 Å². The van der Waals surface area contributed by atoms with Crippen LogP contribution in [0.3, 0.4) is 0 Å². The van der Waals surface area contributed by atoms with Crippen molar-refractivity contribution in [1.82, 2.24) is 9.80 Å². The first-order chi connectivity index (χ1) is 12.2. The predicted molar refractivity (Wildman–Crippen MR) is 88.6 cm³/mol. The van der Waals surface area contributed by atoms with Gasteiger partial charge in [-0.25, -0.2) is 0 Å². The van der Waals surface area contributed by atoms with E-state index in [2.05, 4.69) is 4.90 Å². The number of methoxy groups -OCH3 is 1. The molecule has 1 aromatic rings. The molecular formula is C18H23F3N2O3. The zero-order chi connectivity index (χ0) is 18.9. The largest absolute Gasteiger partial charge is 0.481 e. The molecule has 2 atom stereocenters. The second-order valence-electron chi connectivity index (χ2n) is 7.25. The first-order valence-corrected chi connectivity index (χ1v) is 8.58. The molecule has 2 heterocycles. The molecule has 0 bridgehead atoms. The number of alkyl halides is 3. The fourth-order valence-electron chi connectivity index (χ4n) is 4.14. The van der Waals surface area contributed by atoms with Gasteiger partial charge < -0.3 is 9.84 Å². The minimum atomic E-state index is -4.35. The third-order valence-corrected chi connectivity index (χ3v) is 5.48. The maximum absolute atomic E-state index is 12.7. The Morgan fingerprint density at radius 1 is 1.23 bits per heavy atom. The van der Waals surface area contributed by atoms with Crippen LogP contribution in [0, 0.1) is 11.3 Å². The van der Waals surface area contributed by atoms with E-state index in [9.17, 15) is 23.1 Å². The summed E-state index contributed by atoms with van der Waals surface area (Å²) < 4.78 is 43.0. The lowest BCUT2D eigenvalue weighted by Crippen LogP contribution is -2.41. The van der Waals surface area contributed by atoms with Crippen LogP contribution in [0.2, 0.25) is 0 Å². The molecule has 0 aliphatic carbocycles. The topological polar surface area (TPSA) is 53.0 Å². The number of ether oxygens (including phenoxy) is 1. The average molecular weight is 372 g/mol. The highest BCUT2D eigenvalue weighted by Gasteiger charge is 2.57. The number of carboxylic acids is 1. The Bertz CT molecular complexity index is 650. The minimum Gasteiger partial charge on any atom is -0.481 e. The summed E-state index contributed by atoms with van der Waals surface area (Å²) in [6.07, 6.45) is -4.35. The molecule has 2 fully saturated rings. The van der Waals surface area contributed by atoms with Crippen LogP contribution in [0.5, 0.6) is 0 Å². The molecule has 0 aromatic heterocycles. The number of carbonyl (C=O) groups is 1. The SMILES string of the molecule is COCCN1C[C@@H]2CN(Cc3ccc(C(F)(F)F)cc3)C[C@]2(C(=O)O)C1. The third kappa shape index (κ3) is 3.72. The number of halogens is 3. The first kappa shape index (κ1) is 19.1. The molecule has 0 unspecified atom stereocenters. The van der Waals surface area contributed by atoms with E-state index < -0.39 is 23.1 Å². The number of rotatable bonds is 6. The summed E-state index contributed by atoms with van der Waals surface area (Å²) in [5, 5.41) is 9.82. The smallest absolute Gasteiger partial charge is 0.416 e. The van der Waals surface area contributed by atoms with Crippen LogP contribution in [0.15, 0.2) is 24.3 Å². The quantitative estimate of drug-likeness (QED) is 0.830. The highest BCUT2D eigenvalue weighted by atomic mass is 19.4. The fraction of sp³-hybridized carbons (Fsp3) is 0.611. The number of aliphatic carboxylic acids is 1. The Balaban J connectivity index is 1.65. The van der Waals surface area contributed by atoms with Gasteiger partial charge in [0.2, 0.25) is 0 Å². The first-order valence-electron chi connectivity index (χ1n) is 8.58. The predicted octanol–water partition coefficient (Wildman–Crippen LogP) is 2.17. The lowest BCUT2D eigenvalue weighted by molar-refractivity contribution is -0.149. The van der Waals surface area contributed by atoms with Crippen LogP contribution in [-0.2, 0) is 22.3 Å². The Morgan fingerprint density at radius 2 is 1.85 bits per heavy atom. The summed E-state index contributed by atoms with van der Waals surface area (Å²) in [6, 6.07) is 5.09. The molecule has 0 saturated carbocycles. The van der Waals surface area contributed by atoms with Gasteiger partial charge in [-0.1, -0.05) is 12.1 Å². The van der Waals surface area contributed by atoms with Gasteiger partial charge in [-0.3, -0.25) is 14.6 Å². The van der Waals surface area contributed by atoms with Crippen LogP contribution in [0.25, 0.3) is 0 Å². The highest BCUT2D eigenvalue weighted by molar-refractivity contribution is 5.77. The van der Waals surface area contributed by atoms with Crippen molar-refractivity contribution >= 4 is 5.97 Å². The molecule has 2 aliphatic heterocycles. The van der Waals surface area contributed by atoms with Gasteiger partial charge in [-0.2, -0.15) is 13.2 Å². The van der Waals surface area contributed by atoms with Crippen molar-refractivity contribution in [2.45, 2.75) is 12.7 Å². The van der Waals surface area contributed by atoms with Crippen molar-refractivity contribution in [3.05, 3.63) is 35.4 Å². The van der Waals surface area contributed by atoms with Crippen LogP contribution < -0.4 is 0 Å². The third-order valence-electron chi connectivity index (χ3n) is 5.48. The molecule has 8 heteroatoms. The zero-order valence-electron chi connectivity index (χ0n) is 14.6. The molecule has 3 rings (SSSR count). The van der Waals surface area contributed by atoms with Crippen LogP contribution >= 0.6 is 0 Å². The standard InChI is InChI=1S/C18H23F3N2O3/c1-26-7-6-22-9-15-10-23(12-17(15,11-22)16(24)25)8-13-2-4-14(5-3-13)18(19,20)21/h2-5,15H,6-12H2,1H3,(H,24,25)/t15-,17-/m1/s1. The number of hydrogen-bond donors (Lipinski definition) is 1. The Kier molecular flexibility index (Phi) is 5.28. The van der Waals surface area contributed by atoms with E-state index in [-0.39, 0.29) is 5.92 Å². The van der Waals surface area contributed by atoms with Gasteiger partial charge in [0.05, 0.1) is 17.6 Å². The average Bonchev–Trinajstić information content (AvgIpc) is 3.07. The molecule has 144 valence electrons. The van der Waals surface area contributed by atoms with E-state index in [4.69, 9.17) is 4.74 Å². The molecule has 5 nitrogen and oxygen atoms in total. The van der Waals surface area contributed by atoms with Gasteiger partial charge in [0.1, 0.15) is 0 Å². The van der Waals surface area contributed by atoms with Crippen LogP contribution in [-0.4, -0.2) is 67.3 Å². The van der Waals surface area contributed by atoms with Crippen molar-refractivity contribution < 1.29 is 27.8 Å². The van der Waals surface area contributed by atoms with Crippen molar-refractivity contribution in [3.63, 3.8) is 0 Å². The van der Waals surface area contributed by atoms with Gasteiger partial charge >= 0.3 is 12.1 Å². The van der Waals surface area contributed by atoms with E-state index >= 15 is 0 Å². The van der Waals surface area contributed by atoms with Gasteiger partial charge in [0, 0.05) is 52.3 Å². The van der Waals surface area contributed by atoms with Gasteiger partial charge in [0.25, 0.3) is 0 Å².